The van der Waals surface area contributed by atoms with E-state index in [2.05, 4.69) is 20.2 Å². The standard InChI is InChI=1S/C25H28F3N7O2/c1-2-21(34-9-7-19(36)8-10-34)33-23(29)17-6-11-35-20(14-30-22(35)13-17)16-4-3-5-18(12-16)32-24(37)31-15-25(26,27)28/h2-6,11-14,19,36H,7-10,15H2,1H3,(H2,29,33)(H2,31,32,37)/b21-2+. The number of imidazole rings is 1. The number of nitrogens with zero attached hydrogens (tertiary/aromatic N) is 4. The van der Waals surface area contributed by atoms with E-state index in [-0.39, 0.29) is 6.10 Å². The predicted molar refractivity (Wildman–Crippen MR) is 135 cm³/mol. The molecule has 1 fully saturated rings. The number of benzene rings is 1. The van der Waals surface area contributed by atoms with Crippen LogP contribution in [0.2, 0.25) is 0 Å². The van der Waals surface area contributed by atoms with Crippen LogP contribution in [0.5, 0.6) is 0 Å². The maximum atomic E-state index is 12.3. The summed E-state index contributed by atoms with van der Waals surface area (Å²) in [5.41, 5.74) is 9.39. The molecule has 3 heterocycles. The van der Waals surface area contributed by atoms with Crippen molar-refractivity contribution in [1.29, 1.82) is 0 Å². The number of aliphatic hydroxyl groups excluding tert-OH is 1. The fourth-order valence-corrected chi connectivity index (χ4v) is 4.07. The normalized spacial score (nSPS) is 15.8. The predicted octanol–water partition coefficient (Wildman–Crippen LogP) is 3.71. The number of urea groups is 1. The van der Waals surface area contributed by atoms with Gasteiger partial charge in [-0.1, -0.05) is 12.1 Å². The summed E-state index contributed by atoms with van der Waals surface area (Å²) in [5, 5.41) is 13.9. The largest absolute Gasteiger partial charge is 0.405 e. The number of fused-ring (bicyclic) bond motifs is 1. The molecule has 9 nitrogen and oxygen atoms in total. The third-order valence-corrected chi connectivity index (χ3v) is 5.96. The molecule has 0 spiro atoms. The topological polar surface area (TPSA) is 120 Å². The lowest BCUT2D eigenvalue weighted by Gasteiger charge is -2.31. The third kappa shape index (κ3) is 6.58. The minimum atomic E-state index is -4.49. The number of nitrogens with one attached hydrogen (secondary N) is 2. The van der Waals surface area contributed by atoms with Crippen LogP contribution < -0.4 is 16.4 Å². The molecule has 37 heavy (non-hydrogen) atoms. The Morgan fingerprint density at radius 2 is 2.03 bits per heavy atom. The highest BCUT2D eigenvalue weighted by atomic mass is 19.4. The first-order valence-corrected chi connectivity index (χ1v) is 11.8. The zero-order chi connectivity index (χ0) is 26.6. The van der Waals surface area contributed by atoms with Gasteiger partial charge < -0.3 is 26.4 Å². The number of nitrogens with two attached hydrogens (primary N) is 1. The van der Waals surface area contributed by atoms with E-state index in [4.69, 9.17) is 5.73 Å². The summed E-state index contributed by atoms with van der Waals surface area (Å²) in [7, 11) is 0. The number of halogens is 3. The molecule has 3 aromatic rings. The minimum Gasteiger partial charge on any atom is -0.393 e. The van der Waals surface area contributed by atoms with Gasteiger partial charge in [-0.05, 0) is 50.1 Å². The zero-order valence-electron chi connectivity index (χ0n) is 20.2. The van der Waals surface area contributed by atoms with Crippen LogP contribution in [-0.4, -0.2) is 63.2 Å². The van der Waals surface area contributed by atoms with E-state index in [1.54, 1.807) is 42.0 Å². The molecule has 196 valence electrons. The summed E-state index contributed by atoms with van der Waals surface area (Å²) in [6, 6.07) is 9.39. The third-order valence-electron chi connectivity index (χ3n) is 5.96. The minimum absolute atomic E-state index is 0.282. The fraction of sp³-hybridized carbons (Fsp3) is 0.320. The summed E-state index contributed by atoms with van der Waals surface area (Å²) < 4.78 is 38.8. The number of likely N-dealkylation sites (tertiary alicyclic amines) is 1. The van der Waals surface area contributed by atoms with Gasteiger partial charge in [0.2, 0.25) is 0 Å². The van der Waals surface area contributed by atoms with Gasteiger partial charge in [-0.15, -0.1) is 0 Å². The summed E-state index contributed by atoms with van der Waals surface area (Å²) in [5.74, 6) is 1.08. The Morgan fingerprint density at radius 1 is 1.27 bits per heavy atom. The van der Waals surface area contributed by atoms with Crippen LogP contribution in [-0.2, 0) is 0 Å². The van der Waals surface area contributed by atoms with Crippen molar-refractivity contribution in [3.8, 4) is 11.3 Å². The monoisotopic (exact) mass is 515 g/mol. The number of aliphatic imine (C=N–C) groups is 1. The summed E-state index contributed by atoms with van der Waals surface area (Å²) in [4.78, 5) is 23.0. The smallest absolute Gasteiger partial charge is 0.393 e. The second-order valence-electron chi connectivity index (χ2n) is 8.65. The van der Waals surface area contributed by atoms with E-state index >= 15 is 0 Å². The van der Waals surface area contributed by atoms with Gasteiger partial charge in [0.1, 0.15) is 23.8 Å². The molecule has 12 heteroatoms. The Labute approximate surface area is 211 Å². The lowest BCUT2D eigenvalue weighted by Crippen LogP contribution is -2.36. The fourth-order valence-electron chi connectivity index (χ4n) is 4.07. The highest BCUT2D eigenvalue weighted by molar-refractivity contribution is 5.99. The van der Waals surface area contributed by atoms with E-state index < -0.39 is 18.8 Å². The molecule has 4 rings (SSSR count). The maximum Gasteiger partial charge on any atom is 0.405 e. The molecule has 2 aromatic heterocycles. The molecule has 0 atom stereocenters. The SMILES string of the molecule is C/C=C(\N=C(/N)c1ccn2c(-c3cccc(NC(=O)NCC(F)(F)F)c3)cnc2c1)N1CCC(O)CC1. The van der Waals surface area contributed by atoms with Crippen LogP contribution in [0.25, 0.3) is 16.9 Å². The number of piperidine rings is 1. The summed E-state index contributed by atoms with van der Waals surface area (Å²) in [6.45, 7) is 1.89. The van der Waals surface area contributed by atoms with Gasteiger partial charge in [0.05, 0.1) is 18.0 Å². The second-order valence-corrected chi connectivity index (χ2v) is 8.65. The zero-order valence-corrected chi connectivity index (χ0v) is 20.2. The number of anilines is 1. The van der Waals surface area contributed by atoms with Crippen molar-refractivity contribution in [2.75, 3.05) is 25.0 Å². The number of amidine groups is 1. The molecular formula is C25H28F3N7O2. The molecule has 0 radical (unpaired) electrons. The van der Waals surface area contributed by atoms with Crippen LogP contribution in [0, 0.1) is 0 Å². The van der Waals surface area contributed by atoms with E-state index in [1.807, 2.05) is 29.5 Å². The summed E-state index contributed by atoms with van der Waals surface area (Å²) in [6.07, 6.45) is 1.95. The molecule has 1 saturated heterocycles. The highest BCUT2D eigenvalue weighted by Gasteiger charge is 2.27. The van der Waals surface area contributed by atoms with E-state index in [1.165, 1.54) is 0 Å². The van der Waals surface area contributed by atoms with Crippen molar-refractivity contribution in [1.82, 2.24) is 19.6 Å². The lowest BCUT2D eigenvalue weighted by molar-refractivity contribution is -0.122. The number of pyridine rings is 1. The van der Waals surface area contributed by atoms with Crippen molar-refractivity contribution in [2.24, 2.45) is 10.7 Å². The molecule has 2 amide bonds. The van der Waals surface area contributed by atoms with Crippen molar-refractivity contribution in [3.05, 3.63) is 66.3 Å². The Bertz CT molecular complexity index is 1330. The molecular weight excluding hydrogens is 487 g/mol. The molecule has 1 aliphatic rings. The number of amides is 2. The number of alkyl halides is 3. The first-order chi connectivity index (χ1) is 17.6. The van der Waals surface area contributed by atoms with Gasteiger partial charge in [0, 0.05) is 36.1 Å². The van der Waals surface area contributed by atoms with Crippen LogP contribution in [0.3, 0.4) is 0 Å². The Morgan fingerprint density at radius 3 is 2.73 bits per heavy atom. The van der Waals surface area contributed by atoms with E-state index in [9.17, 15) is 23.1 Å². The number of rotatable bonds is 6. The quantitative estimate of drug-likeness (QED) is 0.295. The van der Waals surface area contributed by atoms with Crippen molar-refractivity contribution < 1.29 is 23.1 Å². The van der Waals surface area contributed by atoms with Gasteiger partial charge in [-0.3, -0.25) is 4.40 Å². The number of allylic oxidation sites excluding steroid dienone is 1. The van der Waals surface area contributed by atoms with E-state index in [0.717, 1.165) is 11.5 Å². The lowest BCUT2D eigenvalue weighted by atomic mass is 10.1. The number of hydrogen-bond acceptors (Lipinski definition) is 5. The van der Waals surface area contributed by atoms with Gasteiger partial charge in [-0.25, -0.2) is 14.8 Å². The van der Waals surface area contributed by atoms with Crippen molar-refractivity contribution in [3.63, 3.8) is 0 Å². The van der Waals surface area contributed by atoms with Crippen molar-refractivity contribution in [2.45, 2.75) is 32.0 Å². The number of aromatic nitrogens is 2. The van der Waals surface area contributed by atoms with Gasteiger partial charge in [0.25, 0.3) is 0 Å². The van der Waals surface area contributed by atoms with Crippen LogP contribution in [0.15, 0.2) is 65.7 Å². The first-order valence-electron chi connectivity index (χ1n) is 11.8. The molecule has 0 saturated carbocycles. The number of carbonyl (C=O) groups is 1. The molecule has 5 N–H and O–H groups in total. The first kappa shape index (κ1) is 26.0. The summed E-state index contributed by atoms with van der Waals surface area (Å²) >= 11 is 0. The van der Waals surface area contributed by atoms with Crippen LogP contribution in [0.1, 0.15) is 25.3 Å². The average Bonchev–Trinajstić information content (AvgIpc) is 3.30. The van der Waals surface area contributed by atoms with Crippen LogP contribution >= 0.6 is 0 Å². The van der Waals surface area contributed by atoms with Gasteiger partial charge in [0.15, 0.2) is 0 Å². The second kappa shape index (κ2) is 10.9. The maximum absolute atomic E-state index is 12.3. The van der Waals surface area contributed by atoms with Crippen LogP contribution in [0.4, 0.5) is 23.7 Å². The molecule has 0 aliphatic carbocycles. The number of hydrogen-bond donors (Lipinski definition) is 4. The number of aliphatic hydroxyl groups is 1. The Hall–Kier alpha value is -4.06. The molecule has 1 aliphatic heterocycles. The molecule has 0 unspecified atom stereocenters. The Kier molecular flexibility index (Phi) is 7.67. The molecule has 1 aromatic carbocycles. The molecule has 0 bridgehead atoms. The van der Waals surface area contributed by atoms with E-state index in [0.29, 0.717) is 54.2 Å². The van der Waals surface area contributed by atoms with Gasteiger partial charge >= 0.3 is 12.2 Å². The Balaban J connectivity index is 1.51. The highest BCUT2D eigenvalue weighted by Crippen LogP contribution is 2.25. The average molecular weight is 516 g/mol. The van der Waals surface area contributed by atoms with Gasteiger partial charge in [-0.2, -0.15) is 13.2 Å². The van der Waals surface area contributed by atoms with Crippen molar-refractivity contribution >= 4 is 23.2 Å². The number of carbonyl (C=O) groups excluding carboxylic acids is 1.